The molecule has 1 atom stereocenters. The Morgan fingerprint density at radius 2 is 2.29 bits per heavy atom. The van der Waals surface area contributed by atoms with Crippen molar-refractivity contribution < 1.29 is 0 Å². The van der Waals surface area contributed by atoms with Crippen molar-refractivity contribution in [3.8, 4) is 0 Å². The molecule has 0 aliphatic rings. The highest BCUT2D eigenvalue weighted by Crippen LogP contribution is 2.23. The predicted octanol–water partition coefficient (Wildman–Crippen LogP) is 3.80. The van der Waals surface area contributed by atoms with Gasteiger partial charge in [-0.3, -0.25) is 5.10 Å². The number of rotatable bonds is 3. The standard InChI is InChI=1S/C13H13N3S/c1-9(11-4-5-17-8-11)15-12-3-2-10-7-14-16-13(10)6-12/h2-9,15H,1H3,(H,14,16). The van der Waals surface area contributed by atoms with Crippen LogP contribution in [-0.2, 0) is 0 Å². The van der Waals surface area contributed by atoms with E-state index in [2.05, 4.69) is 57.5 Å². The molecule has 0 fully saturated rings. The maximum Gasteiger partial charge on any atom is 0.0670 e. The lowest BCUT2D eigenvalue weighted by molar-refractivity contribution is 0.891. The van der Waals surface area contributed by atoms with E-state index in [0.29, 0.717) is 6.04 Å². The molecule has 3 rings (SSSR count). The number of benzene rings is 1. The van der Waals surface area contributed by atoms with Crippen LogP contribution in [0, 0.1) is 0 Å². The molecule has 1 unspecified atom stereocenters. The average molecular weight is 243 g/mol. The Morgan fingerprint density at radius 3 is 3.12 bits per heavy atom. The zero-order valence-electron chi connectivity index (χ0n) is 9.47. The summed E-state index contributed by atoms with van der Waals surface area (Å²) in [6.07, 6.45) is 1.83. The van der Waals surface area contributed by atoms with E-state index in [1.54, 1.807) is 11.3 Å². The summed E-state index contributed by atoms with van der Waals surface area (Å²) < 4.78 is 0. The Bertz CT molecular complexity index is 612. The molecule has 2 heterocycles. The largest absolute Gasteiger partial charge is 0.378 e. The van der Waals surface area contributed by atoms with E-state index in [-0.39, 0.29) is 0 Å². The van der Waals surface area contributed by atoms with Gasteiger partial charge in [-0.2, -0.15) is 16.4 Å². The minimum absolute atomic E-state index is 0.321. The van der Waals surface area contributed by atoms with Crippen molar-refractivity contribution in [2.75, 3.05) is 5.32 Å². The van der Waals surface area contributed by atoms with Crippen LogP contribution in [0.25, 0.3) is 10.9 Å². The molecular formula is C13H13N3S. The highest BCUT2D eigenvalue weighted by atomic mass is 32.1. The topological polar surface area (TPSA) is 40.7 Å². The van der Waals surface area contributed by atoms with Crippen LogP contribution >= 0.6 is 11.3 Å². The second kappa shape index (κ2) is 4.22. The summed E-state index contributed by atoms with van der Waals surface area (Å²) in [6.45, 7) is 2.17. The summed E-state index contributed by atoms with van der Waals surface area (Å²) in [7, 11) is 0. The summed E-state index contributed by atoms with van der Waals surface area (Å²) in [5.41, 5.74) is 3.49. The van der Waals surface area contributed by atoms with Crippen LogP contribution in [0.1, 0.15) is 18.5 Å². The van der Waals surface area contributed by atoms with Crippen LogP contribution in [0.2, 0.25) is 0 Å². The fourth-order valence-corrected chi connectivity index (χ4v) is 2.64. The Kier molecular flexibility index (Phi) is 2.57. The highest BCUT2D eigenvalue weighted by Gasteiger charge is 2.06. The molecule has 4 heteroatoms. The van der Waals surface area contributed by atoms with Crippen molar-refractivity contribution in [1.29, 1.82) is 0 Å². The fraction of sp³-hybridized carbons (Fsp3) is 0.154. The summed E-state index contributed by atoms with van der Waals surface area (Å²) in [6, 6.07) is 8.71. The second-order valence-electron chi connectivity index (χ2n) is 4.09. The van der Waals surface area contributed by atoms with Crippen molar-refractivity contribution in [2.24, 2.45) is 0 Å². The molecule has 0 bridgehead atoms. The zero-order valence-corrected chi connectivity index (χ0v) is 10.3. The van der Waals surface area contributed by atoms with Crippen molar-refractivity contribution in [3.05, 3.63) is 46.8 Å². The van der Waals surface area contributed by atoms with Crippen LogP contribution in [0.5, 0.6) is 0 Å². The second-order valence-corrected chi connectivity index (χ2v) is 4.87. The first-order chi connectivity index (χ1) is 8.33. The van der Waals surface area contributed by atoms with E-state index in [9.17, 15) is 0 Å². The molecule has 0 radical (unpaired) electrons. The van der Waals surface area contributed by atoms with Gasteiger partial charge in [0.2, 0.25) is 0 Å². The molecular weight excluding hydrogens is 230 g/mol. The summed E-state index contributed by atoms with van der Waals surface area (Å²) in [5.74, 6) is 0. The van der Waals surface area contributed by atoms with E-state index in [0.717, 1.165) is 16.6 Å². The first-order valence-electron chi connectivity index (χ1n) is 5.55. The van der Waals surface area contributed by atoms with Gasteiger partial charge in [0.15, 0.2) is 0 Å². The molecule has 17 heavy (non-hydrogen) atoms. The van der Waals surface area contributed by atoms with Gasteiger partial charge in [-0.15, -0.1) is 0 Å². The van der Waals surface area contributed by atoms with Gasteiger partial charge in [0.1, 0.15) is 0 Å². The molecule has 0 aliphatic heterocycles. The van der Waals surface area contributed by atoms with Crippen molar-refractivity contribution in [1.82, 2.24) is 10.2 Å². The number of anilines is 1. The number of nitrogens with zero attached hydrogens (tertiary/aromatic N) is 1. The van der Waals surface area contributed by atoms with E-state index in [4.69, 9.17) is 0 Å². The molecule has 2 aromatic heterocycles. The third-order valence-electron chi connectivity index (χ3n) is 2.87. The zero-order chi connectivity index (χ0) is 11.7. The quantitative estimate of drug-likeness (QED) is 0.734. The molecule has 0 saturated heterocycles. The van der Waals surface area contributed by atoms with Crippen LogP contribution in [-0.4, -0.2) is 10.2 Å². The van der Waals surface area contributed by atoms with Crippen molar-refractivity contribution in [3.63, 3.8) is 0 Å². The summed E-state index contributed by atoms with van der Waals surface area (Å²) in [5, 5.41) is 15.9. The van der Waals surface area contributed by atoms with E-state index in [1.807, 2.05) is 6.20 Å². The average Bonchev–Trinajstić information content (AvgIpc) is 2.99. The minimum atomic E-state index is 0.321. The van der Waals surface area contributed by atoms with Gasteiger partial charge in [-0.05, 0) is 47.5 Å². The van der Waals surface area contributed by atoms with Gasteiger partial charge in [-0.25, -0.2) is 0 Å². The fourth-order valence-electron chi connectivity index (χ4n) is 1.88. The highest BCUT2D eigenvalue weighted by molar-refractivity contribution is 7.07. The lowest BCUT2D eigenvalue weighted by Crippen LogP contribution is -2.05. The van der Waals surface area contributed by atoms with Crippen LogP contribution < -0.4 is 5.32 Å². The first-order valence-corrected chi connectivity index (χ1v) is 6.49. The Balaban J connectivity index is 1.84. The van der Waals surface area contributed by atoms with Crippen LogP contribution in [0.15, 0.2) is 41.2 Å². The molecule has 1 aromatic carbocycles. The maximum atomic E-state index is 4.02. The number of fused-ring (bicyclic) bond motifs is 1. The third kappa shape index (κ3) is 2.03. The van der Waals surface area contributed by atoms with E-state index in [1.165, 1.54) is 5.56 Å². The summed E-state index contributed by atoms with van der Waals surface area (Å²) in [4.78, 5) is 0. The van der Waals surface area contributed by atoms with Gasteiger partial charge in [0, 0.05) is 17.1 Å². The SMILES string of the molecule is CC(Nc1ccc2cn[nH]c2c1)c1ccsc1. The van der Waals surface area contributed by atoms with E-state index >= 15 is 0 Å². The number of hydrogen-bond donors (Lipinski definition) is 2. The monoisotopic (exact) mass is 243 g/mol. The number of aromatic nitrogens is 2. The molecule has 0 spiro atoms. The number of nitrogens with one attached hydrogen (secondary N) is 2. The first kappa shape index (κ1) is 10.4. The molecule has 86 valence electrons. The molecule has 0 aliphatic carbocycles. The van der Waals surface area contributed by atoms with Gasteiger partial charge in [-0.1, -0.05) is 0 Å². The van der Waals surface area contributed by atoms with Crippen molar-refractivity contribution >= 4 is 27.9 Å². The number of thiophene rings is 1. The van der Waals surface area contributed by atoms with Crippen molar-refractivity contribution in [2.45, 2.75) is 13.0 Å². The Hall–Kier alpha value is -1.81. The molecule has 3 nitrogen and oxygen atoms in total. The van der Waals surface area contributed by atoms with Gasteiger partial charge >= 0.3 is 0 Å². The minimum Gasteiger partial charge on any atom is -0.378 e. The van der Waals surface area contributed by atoms with E-state index < -0.39 is 0 Å². The van der Waals surface area contributed by atoms with Crippen LogP contribution in [0.3, 0.4) is 0 Å². The molecule has 2 N–H and O–H groups in total. The predicted molar refractivity (Wildman–Crippen MR) is 72.5 cm³/mol. The number of hydrogen-bond acceptors (Lipinski definition) is 3. The number of aromatic amines is 1. The Morgan fingerprint density at radius 1 is 1.35 bits per heavy atom. The molecule has 0 amide bonds. The lowest BCUT2D eigenvalue weighted by atomic mass is 10.1. The normalized spacial score (nSPS) is 12.8. The summed E-state index contributed by atoms with van der Waals surface area (Å²) >= 11 is 1.73. The maximum absolute atomic E-state index is 4.02. The number of H-pyrrole nitrogens is 1. The Labute approximate surface area is 103 Å². The van der Waals surface area contributed by atoms with Crippen LogP contribution in [0.4, 0.5) is 5.69 Å². The smallest absolute Gasteiger partial charge is 0.0670 e. The van der Waals surface area contributed by atoms with Gasteiger partial charge in [0.05, 0.1) is 11.7 Å². The third-order valence-corrected chi connectivity index (χ3v) is 3.57. The molecule has 3 aromatic rings. The molecule has 0 saturated carbocycles. The van der Waals surface area contributed by atoms with Gasteiger partial charge < -0.3 is 5.32 Å². The van der Waals surface area contributed by atoms with Gasteiger partial charge in [0.25, 0.3) is 0 Å². The lowest BCUT2D eigenvalue weighted by Gasteiger charge is -2.13.